The van der Waals surface area contributed by atoms with E-state index in [4.69, 9.17) is 11.5 Å². The summed E-state index contributed by atoms with van der Waals surface area (Å²) in [6.45, 7) is 7.18. The third-order valence-electron chi connectivity index (χ3n) is 2.66. The lowest BCUT2D eigenvalue weighted by Crippen LogP contribution is -1.96. The summed E-state index contributed by atoms with van der Waals surface area (Å²) in [7, 11) is 0. The van der Waals surface area contributed by atoms with E-state index in [1.165, 1.54) is 19.2 Å². The minimum Gasteiger partial charge on any atom is -0.382 e. The van der Waals surface area contributed by atoms with Crippen LogP contribution in [-0.2, 0) is 6.54 Å². The molecule has 5 nitrogen and oxygen atoms in total. The molecule has 0 saturated carbocycles. The van der Waals surface area contributed by atoms with Gasteiger partial charge >= 0.3 is 0 Å². The second-order valence-corrected chi connectivity index (χ2v) is 4.68. The molecule has 18 heavy (non-hydrogen) atoms. The van der Waals surface area contributed by atoms with Crippen molar-refractivity contribution < 1.29 is 0 Å². The van der Waals surface area contributed by atoms with Gasteiger partial charge in [0, 0.05) is 18.3 Å². The van der Waals surface area contributed by atoms with Crippen LogP contribution in [0.2, 0.25) is 0 Å². The van der Waals surface area contributed by atoms with Crippen LogP contribution in [0.3, 0.4) is 0 Å². The first kappa shape index (κ1) is 14.4. The average Bonchev–Trinajstić information content (AvgIpc) is 2.74. The van der Waals surface area contributed by atoms with Crippen LogP contribution in [0, 0.1) is 5.92 Å². The molecule has 0 aliphatic heterocycles. The highest BCUT2D eigenvalue weighted by atomic mass is 14.9. The maximum absolute atomic E-state index is 5.60. The minimum atomic E-state index is 0.455. The molecule has 0 aliphatic rings. The Morgan fingerprint density at radius 2 is 2.06 bits per heavy atom. The van der Waals surface area contributed by atoms with E-state index in [2.05, 4.69) is 35.7 Å². The Balaban J connectivity index is 0.000000232. The number of nitrogens with zero attached hydrogens (tertiary/aromatic N) is 2. The first-order chi connectivity index (χ1) is 8.60. The predicted octanol–water partition coefficient (Wildman–Crippen LogP) is 2.44. The third-order valence-corrected chi connectivity index (χ3v) is 2.66. The number of hydrogen-bond acceptors (Lipinski definition) is 4. The van der Waals surface area contributed by atoms with E-state index >= 15 is 0 Å². The number of hydrogen-bond donors (Lipinski definition) is 3. The Labute approximate surface area is 108 Å². The summed E-state index contributed by atoms with van der Waals surface area (Å²) >= 11 is 0. The summed E-state index contributed by atoms with van der Waals surface area (Å²) in [6, 6.07) is 0. The summed E-state index contributed by atoms with van der Waals surface area (Å²) in [5, 5.41) is 0. The van der Waals surface area contributed by atoms with E-state index in [0.29, 0.717) is 12.4 Å². The molecule has 2 rings (SSSR count). The molecule has 0 aromatic carbocycles. The van der Waals surface area contributed by atoms with E-state index in [-0.39, 0.29) is 0 Å². The number of aromatic nitrogens is 3. The number of nitrogen functional groups attached to an aromatic ring is 1. The van der Waals surface area contributed by atoms with Gasteiger partial charge in [-0.05, 0) is 5.92 Å². The third kappa shape index (κ3) is 3.70. The van der Waals surface area contributed by atoms with E-state index in [9.17, 15) is 0 Å². The number of nitrogens with two attached hydrogens (primary N) is 2. The maximum atomic E-state index is 5.60. The predicted molar refractivity (Wildman–Crippen MR) is 75.9 cm³/mol. The molecule has 0 radical (unpaired) electrons. The molecule has 2 aromatic rings. The van der Waals surface area contributed by atoms with E-state index in [0.717, 1.165) is 22.5 Å². The smallest absolute Gasteiger partial charge is 0.151 e. The molecule has 0 atom stereocenters. The van der Waals surface area contributed by atoms with Gasteiger partial charge in [0.2, 0.25) is 0 Å². The van der Waals surface area contributed by atoms with Crippen LogP contribution in [0.5, 0.6) is 0 Å². The van der Waals surface area contributed by atoms with Crippen LogP contribution in [0.15, 0.2) is 12.5 Å². The van der Waals surface area contributed by atoms with Crippen LogP contribution in [0.4, 0.5) is 5.82 Å². The van der Waals surface area contributed by atoms with Crippen molar-refractivity contribution in [3.63, 3.8) is 0 Å². The zero-order valence-corrected chi connectivity index (χ0v) is 11.4. The van der Waals surface area contributed by atoms with Crippen LogP contribution in [-0.4, -0.2) is 15.0 Å². The lowest BCUT2D eigenvalue weighted by molar-refractivity contribution is 0.576. The maximum Gasteiger partial charge on any atom is 0.151 e. The molecule has 0 unspecified atom stereocenters. The Hall–Kier alpha value is -1.62. The van der Waals surface area contributed by atoms with E-state index < -0.39 is 0 Å². The van der Waals surface area contributed by atoms with Gasteiger partial charge in [0.15, 0.2) is 5.82 Å². The summed E-state index contributed by atoms with van der Waals surface area (Å²) < 4.78 is 0. The molecule has 100 valence electrons. The monoisotopic (exact) mass is 249 g/mol. The molecular weight excluding hydrogens is 226 g/mol. The number of anilines is 1. The minimum absolute atomic E-state index is 0.455. The summed E-state index contributed by atoms with van der Waals surface area (Å²) in [4.78, 5) is 10.9. The fraction of sp³-hybridized carbons (Fsp3) is 0.538. The molecule has 0 fully saturated rings. The second kappa shape index (κ2) is 6.96. The largest absolute Gasteiger partial charge is 0.382 e. The van der Waals surface area contributed by atoms with Crippen molar-refractivity contribution in [1.82, 2.24) is 15.0 Å². The summed E-state index contributed by atoms with van der Waals surface area (Å²) in [5.41, 5.74) is 13.6. The normalized spacial score (nSPS) is 10.5. The van der Waals surface area contributed by atoms with Gasteiger partial charge in [-0.15, -0.1) is 0 Å². The van der Waals surface area contributed by atoms with Crippen molar-refractivity contribution in [3.8, 4) is 0 Å². The molecular formula is C13H23N5. The van der Waals surface area contributed by atoms with Gasteiger partial charge in [0.25, 0.3) is 0 Å². The van der Waals surface area contributed by atoms with Gasteiger partial charge in [0.1, 0.15) is 11.8 Å². The molecule has 2 aromatic heterocycles. The molecule has 5 heteroatoms. The van der Waals surface area contributed by atoms with Gasteiger partial charge in [0.05, 0.1) is 5.52 Å². The second-order valence-electron chi connectivity index (χ2n) is 4.68. The first-order valence-corrected chi connectivity index (χ1v) is 6.36. The van der Waals surface area contributed by atoms with Crippen molar-refractivity contribution >= 4 is 16.9 Å². The average molecular weight is 249 g/mol. The highest BCUT2D eigenvalue weighted by molar-refractivity contribution is 5.86. The quantitative estimate of drug-likeness (QED) is 0.778. The number of H-pyrrole nitrogens is 1. The van der Waals surface area contributed by atoms with Gasteiger partial charge in [-0.3, -0.25) is 0 Å². The molecule has 0 aliphatic carbocycles. The fourth-order valence-corrected chi connectivity index (χ4v) is 1.75. The Morgan fingerprint density at radius 1 is 1.33 bits per heavy atom. The van der Waals surface area contributed by atoms with Crippen molar-refractivity contribution in [2.75, 3.05) is 5.73 Å². The van der Waals surface area contributed by atoms with Gasteiger partial charge in [-0.1, -0.05) is 33.6 Å². The summed E-state index contributed by atoms with van der Waals surface area (Å²) in [5.74, 6) is 1.36. The topological polar surface area (TPSA) is 93.6 Å². The zero-order valence-electron chi connectivity index (χ0n) is 11.4. The van der Waals surface area contributed by atoms with Crippen molar-refractivity contribution in [2.24, 2.45) is 11.7 Å². The van der Waals surface area contributed by atoms with Crippen LogP contribution < -0.4 is 11.5 Å². The van der Waals surface area contributed by atoms with Gasteiger partial charge in [-0.2, -0.15) is 0 Å². The Kier molecular flexibility index (Phi) is 5.58. The van der Waals surface area contributed by atoms with E-state index in [1.54, 1.807) is 6.20 Å². The number of rotatable bonds is 3. The van der Waals surface area contributed by atoms with Crippen molar-refractivity contribution in [1.29, 1.82) is 0 Å². The molecule has 0 bridgehead atoms. The molecule has 0 spiro atoms. The van der Waals surface area contributed by atoms with Crippen LogP contribution in [0.1, 0.15) is 39.2 Å². The number of nitrogens with one attached hydrogen (secondary N) is 1. The SMILES string of the molecule is CCCC(C)C.NCc1c[nH]c2c(N)ncnc12. The lowest BCUT2D eigenvalue weighted by atomic mass is 10.1. The molecule has 2 heterocycles. The van der Waals surface area contributed by atoms with Crippen LogP contribution in [0.25, 0.3) is 11.0 Å². The Morgan fingerprint density at radius 3 is 2.56 bits per heavy atom. The lowest BCUT2D eigenvalue weighted by Gasteiger charge is -1.95. The number of aromatic amines is 1. The first-order valence-electron chi connectivity index (χ1n) is 6.36. The standard InChI is InChI=1S/C7H9N5.C6H14/c8-1-4-2-10-6-5(4)11-3-12-7(6)9;1-4-5-6(2)3/h2-3,10H,1,8H2,(H2,9,11,12);6H,4-5H2,1-3H3. The Bertz CT molecular complexity index is 475. The van der Waals surface area contributed by atoms with Crippen LogP contribution >= 0.6 is 0 Å². The van der Waals surface area contributed by atoms with Crippen molar-refractivity contribution in [3.05, 3.63) is 18.1 Å². The van der Waals surface area contributed by atoms with Crippen molar-refractivity contribution in [2.45, 2.75) is 40.2 Å². The van der Waals surface area contributed by atoms with Gasteiger partial charge < -0.3 is 16.5 Å². The highest BCUT2D eigenvalue weighted by Crippen LogP contribution is 2.17. The van der Waals surface area contributed by atoms with E-state index in [1.807, 2.05) is 0 Å². The molecule has 0 saturated heterocycles. The summed E-state index contributed by atoms with van der Waals surface area (Å²) in [6.07, 6.45) is 5.94. The highest BCUT2D eigenvalue weighted by Gasteiger charge is 2.05. The zero-order chi connectivity index (χ0) is 13.5. The molecule has 0 amide bonds. The van der Waals surface area contributed by atoms with Gasteiger partial charge in [-0.25, -0.2) is 9.97 Å². The molecule has 5 N–H and O–H groups in total. The fourth-order valence-electron chi connectivity index (χ4n) is 1.75. The number of fused-ring (bicyclic) bond motifs is 1.